The van der Waals surface area contributed by atoms with Gasteiger partial charge in [-0.25, -0.2) is 0 Å². The monoisotopic (exact) mass is 222 g/mol. The van der Waals surface area contributed by atoms with Gasteiger partial charge in [-0.15, -0.1) is 5.10 Å². The smallest absolute Gasteiger partial charge is 0.0964 e. The van der Waals surface area contributed by atoms with Crippen molar-refractivity contribution in [2.45, 2.75) is 46.2 Å². The van der Waals surface area contributed by atoms with E-state index in [2.05, 4.69) is 35.7 Å². The van der Waals surface area contributed by atoms with E-state index in [9.17, 15) is 0 Å². The molecule has 1 aliphatic rings. The van der Waals surface area contributed by atoms with Crippen LogP contribution in [0.3, 0.4) is 0 Å². The van der Waals surface area contributed by atoms with Gasteiger partial charge in [0.2, 0.25) is 0 Å². The first-order valence-electron chi connectivity index (χ1n) is 6.34. The number of hydrogen-bond donors (Lipinski definition) is 1. The lowest BCUT2D eigenvalue weighted by molar-refractivity contribution is 0.478. The highest BCUT2D eigenvalue weighted by Gasteiger charge is 2.20. The molecule has 0 bridgehead atoms. The predicted molar refractivity (Wildman–Crippen MR) is 63.9 cm³/mol. The van der Waals surface area contributed by atoms with E-state index in [0.717, 1.165) is 43.6 Å². The molecule has 4 nitrogen and oxygen atoms in total. The Balaban J connectivity index is 1.68. The van der Waals surface area contributed by atoms with Crippen LogP contribution in [0.1, 0.15) is 38.8 Å². The van der Waals surface area contributed by atoms with E-state index < -0.39 is 0 Å². The summed E-state index contributed by atoms with van der Waals surface area (Å²) in [4.78, 5) is 0. The number of nitrogens with one attached hydrogen (secondary N) is 1. The van der Waals surface area contributed by atoms with Crippen molar-refractivity contribution < 1.29 is 0 Å². The Morgan fingerprint density at radius 3 is 3.00 bits per heavy atom. The van der Waals surface area contributed by atoms with Gasteiger partial charge < -0.3 is 5.32 Å². The molecule has 1 saturated carbocycles. The molecule has 1 N–H and O–H groups in total. The Morgan fingerprint density at radius 1 is 1.50 bits per heavy atom. The minimum Gasteiger partial charge on any atom is -0.311 e. The molecule has 90 valence electrons. The second-order valence-corrected chi connectivity index (χ2v) is 5.23. The quantitative estimate of drug-likeness (QED) is 0.765. The van der Waals surface area contributed by atoms with E-state index in [0.29, 0.717) is 0 Å². The summed E-state index contributed by atoms with van der Waals surface area (Å²) < 4.78 is 1.95. The molecule has 16 heavy (non-hydrogen) atoms. The number of hydrogen-bond acceptors (Lipinski definition) is 3. The fraction of sp³-hybridized carbons (Fsp3) is 0.833. The summed E-state index contributed by atoms with van der Waals surface area (Å²) in [5.74, 6) is 1.65. The number of nitrogens with zero attached hydrogens (tertiary/aromatic N) is 3. The van der Waals surface area contributed by atoms with E-state index >= 15 is 0 Å². The molecule has 1 heterocycles. The minimum absolute atomic E-state index is 0.723. The van der Waals surface area contributed by atoms with Crippen molar-refractivity contribution in [2.75, 3.05) is 6.54 Å². The first-order chi connectivity index (χ1) is 7.74. The van der Waals surface area contributed by atoms with Crippen molar-refractivity contribution in [3.63, 3.8) is 0 Å². The maximum absolute atomic E-state index is 4.16. The summed E-state index contributed by atoms with van der Waals surface area (Å²) in [6.45, 7) is 7.44. The van der Waals surface area contributed by atoms with Gasteiger partial charge in [-0.3, -0.25) is 4.68 Å². The zero-order valence-corrected chi connectivity index (χ0v) is 10.3. The van der Waals surface area contributed by atoms with E-state index in [1.54, 1.807) is 0 Å². The molecule has 0 aliphatic heterocycles. The van der Waals surface area contributed by atoms with Crippen LogP contribution in [0.15, 0.2) is 6.20 Å². The van der Waals surface area contributed by atoms with Crippen molar-refractivity contribution in [3.05, 3.63) is 11.9 Å². The summed E-state index contributed by atoms with van der Waals surface area (Å²) in [5.41, 5.74) is 1.06. The minimum atomic E-state index is 0.723. The summed E-state index contributed by atoms with van der Waals surface area (Å²) in [7, 11) is 0. The van der Waals surface area contributed by atoms with Gasteiger partial charge in [0.25, 0.3) is 0 Å². The Hall–Kier alpha value is -0.900. The molecule has 1 aliphatic carbocycles. The largest absolute Gasteiger partial charge is 0.311 e. The summed E-state index contributed by atoms with van der Waals surface area (Å²) in [5, 5.41) is 11.7. The summed E-state index contributed by atoms with van der Waals surface area (Å²) in [6, 6.07) is 0. The van der Waals surface area contributed by atoms with Crippen LogP contribution >= 0.6 is 0 Å². The maximum atomic E-state index is 4.16. The first kappa shape index (κ1) is 11.6. The van der Waals surface area contributed by atoms with Gasteiger partial charge in [0.05, 0.1) is 5.69 Å². The average Bonchev–Trinajstić information content (AvgIpc) is 2.94. The Bertz CT molecular complexity index is 315. The normalized spacial score (nSPS) is 15.9. The van der Waals surface area contributed by atoms with E-state index in [-0.39, 0.29) is 0 Å². The summed E-state index contributed by atoms with van der Waals surface area (Å²) >= 11 is 0. The molecule has 0 radical (unpaired) electrons. The third-order valence-corrected chi connectivity index (χ3v) is 2.96. The Labute approximate surface area is 97.4 Å². The molecule has 0 spiro atoms. The van der Waals surface area contributed by atoms with Gasteiger partial charge in [0.1, 0.15) is 0 Å². The van der Waals surface area contributed by atoms with Crippen LogP contribution in [0, 0.1) is 11.8 Å². The molecule has 1 fully saturated rings. The molecular formula is C12H22N4. The molecular weight excluding hydrogens is 200 g/mol. The molecule has 1 aromatic rings. The zero-order chi connectivity index (χ0) is 11.4. The SMILES string of the molecule is CC(C)CCn1cc(CNCC2CC2)nn1. The molecule has 0 atom stereocenters. The highest BCUT2D eigenvalue weighted by atomic mass is 15.4. The van der Waals surface area contributed by atoms with Crippen molar-refractivity contribution in [2.24, 2.45) is 11.8 Å². The lowest BCUT2D eigenvalue weighted by Crippen LogP contribution is -2.16. The van der Waals surface area contributed by atoms with Gasteiger partial charge >= 0.3 is 0 Å². The third-order valence-electron chi connectivity index (χ3n) is 2.96. The van der Waals surface area contributed by atoms with Gasteiger partial charge in [-0.1, -0.05) is 19.1 Å². The van der Waals surface area contributed by atoms with Crippen LogP contribution in [0.25, 0.3) is 0 Å². The van der Waals surface area contributed by atoms with Gasteiger partial charge in [-0.05, 0) is 37.6 Å². The van der Waals surface area contributed by atoms with E-state index in [4.69, 9.17) is 0 Å². The number of aromatic nitrogens is 3. The topological polar surface area (TPSA) is 42.7 Å². The molecule has 0 amide bonds. The zero-order valence-electron chi connectivity index (χ0n) is 10.3. The van der Waals surface area contributed by atoms with Crippen molar-refractivity contribution in [1.29, 1.82) is 0 Å². The molecule has 2 rings (SSSR count). The Kier molecular flexibility index (Phi) is 3.93. The van der Waals surface area contributed by atoms with Crippen LogP contribution in [0.2, 0.25) is 0 Å². The van der Waals surface area contributed by atoms with Gasteiger partial charge in [0.15, 0.2) is 0 Å². The van der Waals surface area contributed by atoms with E-state index in [1.807, 2.05) is 4.68 Å². The van der Waals surface area contributed by atoms with Crippen molar-refractivity contribution in [1.82, 2.24) is 20.3 Å². The Morgan fingerprint density at radius 2 is 2.31 bits per heavy atom. The maximum Gasteiger partial charge on any atom is 0.0964 e. The van der Waals surface area contributed by atoms with Gasteiger partial charge in [-0.2, -0.15) is 0 Å². The highest BCUT2D eigenvalue weighted by Crippen LogP contribution is 2.27. The second-order valence-electron chi connectivity index (χ2n) is 5.23. The number of aryl methyl sites for hydroxylation is 1. The standard InChI is InChI=1S/C12H22N4/c1-10(2)5-6-16-9-12(14-15-16)8-13-7-11-3-4-11/h9-11,13H,3-8H2,1-2H3. The summed E-state index contributed by atoms with van der Waals surface area (Å²) in [6.07, 6.45) is 6.02. The van der Waals surface area contributed by atoms with Crippen LogP contribution in [0.4, 0.5) is 0 Å². The molecule has 0 saturated heterocycles. The molecule has 4 heteroatoms. The fourth-order valence-electron chi connectivity index (χ4n) is 1.65. The highest BCUT2D eigenvalue weighted by molar-refractivity contribution is 4.92. The van der Waals surface area contributed by atoms with Crippen LogP contribution in [-0.4, -0.2) is 21.5 Å². The molecule has 0 aromatic carbocycles. The first-order valence-corrected chi connectivity index (χ1v) is 6.34. The van der Waals surface area contributed by atoms with Crippen LogP contribution < -0.4 is 5.32 Å². The van der Waals surface area contributed by atoms with Gasteiger partial charge in [0, 0.05) is 19.3 Å². The average molecular weight is 222 g/mol. The lowest BCUT2D eigenvalue weighted by atomic mass is 10.1. The van der Waals surface area contributed by atoms with Crippen LogP contribution in [-0.2, 0) is 13.1 Å². The predicted octanol–water partition coefficient (Wildman–Crippen LogP) is 1.82. The van der Waals surface area contributed by atoms with Crippen molar-refractivity contribution >= 4 is 0 Å². The molecule has 1 aromatic heterocycles. The number of rotatable bonds is 7. The third kappa shape index (κ3) is 3.93. The van der Waals surface area contributed by atoms with Crippen LogP contribution in [0.5, 0.6) is 0 Å². The second kappa shape index (κ2) is 5.43. The lowest BCUT2D eigenvalue weighted by Gasteiger charge is -2.02. The van der Waals surface area contributed by atoms with Crippen molar-refractivity contribution in [3.8, 4) is 0 Å². The van der Waals surface area contributed by atoms with E-state index in [1.165, 1.54) is 12.8 Å². The molecule has 0 unspecified atom stereocenters. The fourth-order valence-corrected chi connectivity index (χ4v) is 1.65.